The van der Waals surface area contributed by atoms with Crippen LogP contribution >= 0.6 is 0 Å². The molecule has 0 bridgehead atoms. The average molecular weight is 342 g/mol. The van der Waals surface area contributed by atoms with Gasteiger partial charge < -0.3 is 10.2 Å². The van der Waals surface area contributed by atoms with E-state index in [1.54, 1.807) is 24.3 Å². The molecule has 2 amide bonds. The fourth-order valence-corrected chi connectivity index (χ4v) is 2.77. The van der Waals surface area contributed by atoms with E-state index in [0.717, 1.165) is 20.9 Å². The molecule has 6 nitrogen and oxygen atoms in total. The molecule has 0 atom stereocenters. The summed E-state index contributed by atoms with van der Waals surface area (Å²) < 4.78 is 0. The van der Waals surface area contributed by atoms with Crippen molar-refractivity contribution in [2.75, 3.05) is 16.5 Å². The van der Waals surface area contributed by atoms with Crippen molar-refractivity contribution in [1.29, 1.82) is 0 Å². The van der Waals surface area contributed by atoms with Crippen LogP contribution in [-0.4, -0.2) is 29.1 Å². The van der Waals surface area contributed by atoms with Gasteiger partial charge in [-0.25, -0.2) is 9.59 Å². The number of aryl methyl sites for hydroxylation is 2. The molecule has 0 saturated carbocycles. The Morgan fingerprint density at radius 3 is 1.44 bits per heavy atom. The zero-order valence-corrected chi connectivity index (χ0v) is 14.3. The molecular formula is C19H22N2O4. The van der Waals surface area contributed by atoms with Crippen molar-refractivity contribution in [2.24, 2.45) is 0 Å². The Hall–Kier alpha value is -3.02. The number of para-hydroxylation sites is 2. The van der Waals surface area contributed by atoms with Crippen molar-refractivity contribution in [2.45, 2.75) is 26.7 Å². The van der Waals surface area contributed by atoms with Crippen LogP contribution in [0.5, 0.6) is 0 Å². The van der Waals surface area contributed by atoms with Crippen LogP contribution in [0.25, 0.3) is 0 Å². The molecule has 0 aliphatic rings. The predicted octanol–water partition coefficient (Wildman–Crippen LogP) is 4.44. The average Bonchev–Trinajstić information content (AvgIpc) is 2.62. The highest BCUT2D eigenvalue weighted by molar-refractivity contribution is 5.92. The van der Waals surface area contributed by atoms with Gasteiger partial charge in [-0.05, 0) is 36.1 Å². The number of hydrogen-bond donors (Lipinski definition) is 2. The number of rotatable bonds is 6. The summed E-state index contributed by atoms with van der Waals surface area (Å²) in [7, 11) is 0. The van der Waals surface area contributed by atoms with Crippen LogP contribution in [0.3, 0.4) is 0 Å². The number of benzene rings is 2. The first kappa shape index (κ1) is 18.3. The fourth-order valence-electron chi connectivity index (χ4n) is 2.77. The lowest BCUT2D eigenvalue weighted by molar-refractivity contribution is 0.197. The summed E-state index contributed by atoms with van der Waals surface area (Å²) in [5.74, 6) is 0. The molecule has 2 aromatic carbocycles. The second-order valence-corrected chi connectivity index (χ2v) is 5.53. The highest BCUT2D eigenvalue weighted by atomic mass is 16.4. The molecule has 0 saturated heterocycles. The molecular weight excluding hydrogens is 320 g/mol. The molecule has 25 heavy (non-hydrogen) atoms. The first-order chi connectivity index (χ1) is 12.0. The Morgan fingerprint density at radius 1 is 0.760 bits per heavy atom. The third-order valence-corrected chi connectivity index (χ3v) is 4.07. The predicted molar refractivity (Wildman–Crippen MR) is 97.5 cm³/mol. The summed E-state index contributed by atoms with van der Waals surface area (Å²) in [5, 5.41) is 19.3. The van der Waals surface area contributed by atoms with Gasteiger partial charge in [0.1, 0.15) is 6.67 Å². The molecule has 2 N–H and O–H groups in total. The maximum Gasteiger partial charge on any atom is 0.413 e. The van der Waals surface area contributed by atoms with Crippen molar-refractivity contribution in [1.82, 2.24) is 0 Å². The van der Waals surface area contributed by atoms with Crippen molar-refractivity contribution < 1.29 is 19.8 Å². The normalized spacial score (nSPS) is 10.3. The summed E-state index contributed by atoms with van der Waals surface area (Å²) in [6.07, 6.45) is -1.08. The van der Waals surface area contributed by atoms with E-state index in [0.29, 0.717) is 24.2 Å². The van der Waals surface area contributed by atoms with Gasteiger partial charge in [-0.1, -0.05) is 50.2 Å². The largest absolute Gasteiger partial charge is 0.465 e. The molecule has 0 aromatic heterocycles. The maximum atomic E-state index is 11.8. The van der Waals surface area contributed by atoms with Gasteiger partial charge in [0.25, 0.3) is 0 Å². The van der Waals surface area contributed by atoms with Crippen LogP contribution in [0, 0.1) is 0 Å². The second kappa shape index (κ2) is 8.19. The van der Waals surface area contributed by atoms with E-state index < -0.39 is 12.2 Å². The minimum absolute atomic E-state index is 0.293. The Labute approximate surface area is 146 Å². The molecule has 0 heterocycles. The van der Waals surface area contributed by atoms with E-state index >= 15 is 0 Å². The molecule has 0 aliphatic carbocycles. The SMILES string of the molecule is CCc1ccccc1N(CN(C(=O)O)c1ccccc1CC)C(=O)O. The molecule has 0 aliphatic heterocycles. The van der Waals surface area contributed by atoms with Gasteiger partial charge in [0.15, 0.2) is 0 Å². The monoisotopic (exact) mass is 342 g/mol. The smallest absolute Gasteiger partial charge is 0.413 e. The molecule has 132 valence electrons. The lowest BCUT2D eigenvalue weighted by Gasteiger charge is -2.29. The van der Waals surface area contributed by atoms with Crippen molar-refractivity contribution in [3.8, 4) is 0 Å². The lowest BCUT2D eigenvalue weighted by atomic mass is 10.1. The van der Waals surface area contributed by atoms with Crippen molar-refractivity contribution >= 4 is 23.6 Å². The first-order valence-electron chi connectivity index (χ1n) is 8.16. The molecule has 0 fully saturated rings. The lowest BCUT2D eigenvalue weighted by Crippen LogP contribution is -2.44. The fraction of sp³-hybridized carbons (Fsp3) is 0.263. The van der Waals surface area contributed by atoms with E-state index in [-0.39, 0.29) is 6.67 Å². The van der Waals surface area contributed by atoms with E-state index in [2.05, 4.69) is 0 Å². The number of carboxylic acid groups (broad SMARTS) is 2. The topological polar surface area (TPSA) is 81.1 Å². The number of nitrogens with zero attached hydrogens (tertiary/aromatic N) is 2. The van der Waals surface area contributed by atoms with Crippen LogP contribution < -0.4 is 9.80 Å². The second-order valence-electron chi connectivity index (χ2n) is 5.53. The van der Waals surface area contributed by atoms with Crippen LogP contribution in [0.4, 0.5) is 21.0 Å². The molecule has 0 spiro atoms. The van der Waals surface area contributed by atoms with E-state index in [4.69, 9.17) is 0 Å². The Kier molecular flexibility index (Phi) is 6.00. The minimum Gasteiger partial charge on any atom is -0.465 e. The Bertz CT molecular complexity index is 697. The van der Waals surface area contributed by atoms with Crippen molar-refractivity contribution in [3.63, 3.8) is 0 Å². The third kappa shape index (κ3) is 4.09. The zero-order valence-electron chi connectivity index (χ0n) is 14.3. The van der Waals surface area contributed by atoms with Gasteiger partial charge in [-0.2, -0.15) is 0 Å². The molecule has 2 rings (SSSR count). The minimum atomic E-state index is -1.19. The summed E-state index contributed by atoms with van der Waals surface area (Å²) in [5.41, 5.74) is 2.69. The van der Waals surface area contributed by atoms with Gasteiger partial charge in [0.2, 0.25) is 0 Å². The Balaban J connectivity index is 2.45. The Morgan fingerprint density at radius 2 is 1.12 bits per heavy atom. The van der Waals surface area contributed by atoms with Gasteiger partial charge in [-0.3, -0.25) is 9.80 Å². The van der Waals surface area contributed by atoms with Gasteiger partial charge >= 0.3 is 12.2 Å². The highest BCUT2D eigenvalue weighted by Gasteiger charge is 2.25. The van der Waals surface area contributed by atoms with Crippen LogP contribution in [0.2, 0.25) is 0 Å². The number of hydrogen-bond acceptors (Lipinski definition) is 2. The molecule has 6 heteroatoms. The van der Waals surface area contributed by atoms with E-state index in [9.17, 15) is 19.8 Å². The van der Waals surface area contributed by atoms with Crippen LogP contribution in [0.15, 0.2) is 48.5 Å². The van der Waals surface area contributed by atoms with Gasteiger partial charge in [0.05, 0.1) is 11.4 Å². The van der Waals surface area contributed by atoms with Crippen LogP contribution in [0.1, 0.15) is 25.0 Å². The van der Waals surface area contributed by atoms with Gasteiger partial charge in [0, 0.05) is 0 Å². The summed E-state index contributed by atoms with van der Waals surface area (Å²) in [6.45, 7) is 3.57. The number of carbonyl (C=O) groups is 2. The maximum absolute atomic E-state index is 11.8. The highest BCUT2D eigenvalue weighted by Crippen LogP contribution is 2.25. The molecule has 0 radical (unpaired) electrons. The summed E-state index contributed by atoms with van der Waals surface area (Å²) in [6, 6.07) is 14.2. The quantitative estimate of drug-likeness (QED) is 0.761. The number of amides is 2. The summed E-state index contributed by atoms with van der Waals surface area (Å²) >= 11 is 0. The van der Waals surface area contributed by atoms with Crippen molar-refractivity contribution in [3.05, 3.63) is 59.7 Å². The third-order valence-electron chi connectivity index (χ3n) is 4.07. The van der Waals surface area contributed by atoms with E-state index in [1.165, 1.54) is 0 Å². The zero-order chi connectivity index (χ0) is 18.4. The number of anilines is 2. The standard InChI is InChI=1S/C19H22N2O4/c1-3-14-9-5-7-11-16(14)20(18(22)23)13-21(19(24)25)17-12-8-6-10-15(17)4-2/h5-12H,3-4,13H2,1-2H3,(H,22,23)(H,24,25). The van der Waals surface area contributed by atoms with Crippen LogP contribution in [-0.2, 0) is 12.8 Å². The molecule has 2 aromatic rings. The first-order valence-corrected chi connectivity index (χ1v) is 8.16. The molecule has 0 unspecified atom stereocenters. The van der Waals surface area contributed by atoms with E-state index in [1.807, 2.05) is 38.1 Å². The van der Waals surface area contributed by atoms with Gasteiger partial charge in [-0.15, -0.1) is 0 Å². The summed E-state index contributed by atoms with van der Waals surface area (Å²) in [4.78, 5) is 25.8.